The lowest BCUT2D eigenvalue weighted by Gasteiger charge is -2.17. The number of rotatable bonds is 5. The molecule has 0 saturated carbocycles. The van der Waals surface area contributed by atoms with Crippen LogP contribution >= 0.6 is 0 Å². The molecule has 28 heavy (non-hydrogen) atoms. The summed E-state index contributed by atoms with van der Waals surface area (Å²) >= 11 is 0. The molecule has 0 aromatic heterocycles. The Morgan fingerprint density at radius 3 is 2.64 bits per heavy atom. The van der Waals surface area contributed by atoms with Gasteiger partial charge < -0.3 is 9.64 Å². The molecule has 1 atom stereocenters. The molecular weight excluding hydrogens is 365 g/mol. The molecule has 2 aromatic carbocycles. The van der Waals surface area contributed by atoms with Gasteiger partial charge in [0.15, 0.2) is 17.7 Å². The number of hydrogen-bond acceptors (Lipinski definition) is 4. The van der Waals surface area contributed by atoms with Gasteiger partial charge in [-0.25, -0.2) is 4.39 Å². The quantitative estimate of drug-likeness (QED) is 0.773. The minimum atomic E-state index is -1.02. The number of nitrogens with zero attached hydrogens (tertiary/aromatic N) is 1. The molecule has 0 aliphatic carbocycles. The van der Waals surface area contributed by atoms with E-state index in [4.69, 9.17) is 4.74 Å². The summed E-state index contributed by atoms with van der Waals surface area (Å²) in [6.07, 6.45) is 0.253. The Morgan fingerprint density at radius 1 is 1.14 bits per heavy atom. The first-order valence-corrected chi connectivity index (χ1v) is 8.87. The van der Waals surface area contributed by atoms with Gasteiger partial charge in [-0.3, -0.25) is 25.2 Å². The van der Waals surface area contributed by atoms with Crippen molar-refractivity contribution >= 4 is 23.4 Å². The third kappa shape index (κ3) is 4.46. The molecule has 3 amide bonds. The van der Waals surface area contributed by atoms with E-state index in [1.165, 1.54) is 25.1 Å². The van der Waals surface area contributed by atoms with Crippen molar-refractivity contribution in [2.75, 3.05) is 11.4 Å². The standard InChI is InChI=1S/C20H20FN3O4/c1-13(28-17-9-3-2-8-16(17)21)19(26)22-23-20(27)14-6-4-7-15(12-14)24-11-5-10-18(24)25/h2-4,6-9,12-13H,5,10-11H2,1H3,(H,22,26)(H,23,27)/t13-/m1/s1. The van der Waals surface area contributed by atoms with E-state index >= 15 is 0 Å². The fourth-order valence-electron chi connectivity index (χ4n) is 2.81. The molecule has 1 heterocycles. The number of benzene rings is 2. The van der Waals surface area contributed by atoms with Crippen LogP contribution in [0.15, 0.2) is 48.5 Å². The minimum Gasteiger partial charge on any atom is -0.478 e. The second kappa shape index (κ2) is 8.51. The van der Waals surface area contributed by atoms with Crippen molar-refractivity contribution in [3.8, 4) is 5.75 Å². The maximum Gasteiger partial charge on any atom is 0.279 e. The van der Waals surface area contributed by atoms with Crippen LogP contribution in [0.5, 0.6) is 5.75 Å². The summed E-state index contributed by atoms with van der Waals surface area (Å²) in [6.45, 7) is 2.05. The summed E-state index contributed by atoms with van der Waals surface area (Å²) in [5, 5.41) is 0. The molecule has 1 aliphatic rings. The van der Waals surface area contributed by atoms with Crippen LogP contribution in [0.3, 0.4) is 0 Å². The smallest absolute Gasteiger partial charge is 0.279 e. The van der Waals surface area contributed by atoms with E-state index in [1.807, 2.05) is 0 Å². The first-order chi connectivity index (χ1) is 13.5. The van der Waals surface area contributed by atoms with Crippen LogP contribution in [0.25, 0.3) is 0 Å². The first kappa shape index (κ1) is 19.3. The summed E-state index contributed by atoms with van der Waals surface area (Å²) in [7, 11) is 0. The van der Waals surface area contributed by atoms with E-state index < -0.39 is 23.7 Å². The fourth-order valence-corrected chi connectivity index (χ4v) is 2.81. The van der Waals surface area contributed by atoms with Crippen LogP contribution in [0.2, 0.25) is 0 Å². The molecule has 7 nitrogen and oxygen atoms in total. The number of amides is 3. The van der Waals surface area contributed by atoms with Gasteiger partial charge in [-0.15, -0.1) is 0 Å². The molecular formula is C20H20FN3O4. The molecule has 0 unspecified atom stereocenters. The van der Waals surface area contributed by atoms with Crippen molar-refractivity contribution < 1.29 is 23.5 Å². The zero-order valence-corrected chi connectivity index (χ0v) is 15.3. The molecule has 0 spiro atoms. The van der Waals surface area contributed by atoms with Crippen LogP contribution in [0.1, 0.15) is 30.1 Å². The lowest BCUT2D eigenvalue weighted by Crippen LogP contribution is -2.47. The van der Waals surface area contributed by atoms with E-state index in [2.05, 4.69) is 10.9 Å². The highest BCUT2D eigenvalue weighted by molar-refractivity contribution is 5.99. The van der Waals surface area contributed by atoms with Gasteiger partial charge in [-0.2, -0.15) is 0 Å². The Kier molecular flexibility index (Phi) is 5.88. The Bertz CT molecular complexity index is 903. The van der Waals surface area contributed by atoms with Gasteiger partial charge in [-0.1, -0.05) is 18.2 Å². The number of hydrazine groups is 1. The number of para-hydroxylation sites is 1. The summed E-state index contributed by atoms with van der Waals surface area (Å²) in [5.41, 5.74) is 5.47. The van der Waals surface area contributed by atoms with Crippen LogP contribution in [0.4, 0.5) is 10.1 Å². The molecule has 0 radical (unpaired) electrons. The molecule has 1 saturated heterocycles. The van der Waals surface area contributed by atoms with E-state index in [0.29, 0.717) is 24.2 Å². The number of ether oxygens (including phenoxy) is 1. The molecule has 2 N–H and O–H groups in total. The monoisotopic (exact) mass is 385 g/mol. The van der Waals surface area contributed by atoms with Crippen LogP contribution in [-0.4, -0.2) is 30.4 Å². The van der Waals surface area contributed by atoms with Crippen molar-refractivity contribution in [3.63, 3.8) is 0 Å². The fraction of sp³-hybridized carbons (Fsp3) is 0.250. The summed E-state index contributed by atoms with van der Waals surface area (Å²) < 4.78 is 18.8. The minimum absolute atomic E-state index is 0.0185. The Morgan fingerprint density at radius 2 is 1.93 bits per heavy atom. The summed E-state index contributed by atoms with van der Waals surface area (Å²) in [6, 6.07) is 12.3. The van der Waals surface area contributed by atoms with E-state index in [-0.39, 0.29) is 11.7 Å². The molecule has 2 aromatic rings. The van der Waals surface area contributed by atoms with Gasteiger partial charge >= 0.3 is 0 Å². The second-order valence-electron chi connectivity index (χ2n) is 6.33. The molecule has 1 fully saturated rings. The molecule has 8 heteroatoms. The van der Waals surface area contributed by atoms with Gasteiger partial charge in [0.25, 0.3) is 11.8 Å². The van der Waals surface area contributed by atoms with Crippen molar-refractivity contribution in [3.05, 3.63) is 59.9 Å². The number of carbonyl (C=O) groups excluding carboxylic acids is 3. The number of anilines is 1. The SMILES string of the molecule is C[C@@H](Oc1ccccc1F)C(=O)NNC(=O)c1cccc(N2CCCC2=O)c1. The largest absolute Gasteiger partial charge is 0.478 e. The molecule has 1 aliphatic heterocycles. The van der Waals surface area contributed by atoms with Crippen LogP contribution in [-0.2, 0) is 9.59 Å². The third-order valence-corrected chi connectivity index (χ3v) is 4.30. The first-order valence-electron chi connectivity index (χ1n) is 8.87. The van der Waals surface area contributed by atoms with Gasteiger partial charge in [0.05, 0.1) is 0 Å². The zero-order chi connectivity index (χ0) is 20.1. The number of nitrogens with one attached hydrogen (secondary N) is 2. The summed E-state index contributed by atoms with van der Waals surface area (Å²) in [5.74, 6) is -1.80. The zero-order valence-electron chi connectivity index (χ0n) is 15.3. The Labute approximate surface area is 161 Å². The topological polar surface area (TPSA) is 87.7 Å². The van der Waals surface area contributed by atoms with E-state index in [0.717, 1.165) is 6.42 Å². The van der Waals surface area contributed by atoms with Gasteiger partial charge in [-0.05, 0) is 43.7 Å². The predicted octanol–water partition coefficient (Wildman–Crippen LogP) is 2.18. The molecule has 0 bridgehead atoms. The number of hydrogen-bond donors (Lipinski definition) is 2. The Hall–Kier alpha value is -3.42. The summed E-state index contributed by atoms with van der Waals surface area (Å²) in [4.78, 5) is 37.9. The maximum absolute atomic E-state index is 13.6. The van der Waals surface area contributed by atoms with Crippen molar-refractivity contribution in [2.45, 2.75) is 25.9 Å². The van der Waals surface area contributed by atoms with Crippen molar-refractivity contribution in [2.24, 2.45) is 0 Å². The van der Waals surface area contributed by atoms with Gasteiger partial charge in [0.2, 0.25) is 5.91 Å². The third-order valence-electron chi connectivity index (χ3n) is 4.30. The number of carbonyl (C=O) groups is 3. The molecule has 146 valence electrons. The second-order valence-corrected chi connectivity index (χ2v) is 6.33. The van der Waals surface area contributed by atoms with Crippen LogP contribution in [0, 0.1) is 5.82 Å². The highest BCUT2D eigenvalue weighted by atomic mass is 19.1. The number of halogens is 1. The maximum atomic E-state index is 13.6. The van der Waals surface area contributed by atoms with E-state index in [9.17, 15) is 18.8 Å². The lowest BCUT2D eigenvalue weighted by molar-refractivity contribution is -0.128. The highest BCUT2D eigenvalue weighted by Crippen LogP contribution is 2.22. The molecule has 3 rings (SSSR count). The average Bonchev–Trinajstić information content (AvgIpc) is 3.13. The normalized spacial score (nSPS) is 14.5. The average molecular weight is 385 g/mol. The Balaban J connectivity index is 1.57. The van der Waals surface area contributed by atoms with Crippen molar-refractivity contribution in [1.29, 1.82) is 0 Å². The van der Waals surface area contributed by atoms with E-state index in [1.54, 1.807) is 35.2 Å². The lowest BCUT2D eigenvalue weighted by atomic mass is 10.2. The van der Waals surface area contributed by atoms with Gasteiger partial charge in [0.1, 0.15) is 0 Å². The predicted molar refractivity (Wildman–Crippen MR) is 100 cm³/mol. The highest BCUT2D eigenvalue weighted by Gasteiger charge is 2.22. The van der Waals surface area contributed by atoms with Crippen LogP contribution < -0.4 is 20.5 Å². The van der Waals surface area contributed by atoms with Gasteiger partial charge in [0, 0.05) is 24.2 Å². The van der Waals surface area contributed by atoms with Crippen molar-refractivity contribution in [1.82, 2.24) is 10.9 Å².